The van der Waals surface area contributed by atoms with E-state index in [9.17, 15) is 17.9 Å². The van der Waals surface area contributed by atoms with Gasteiger partial charge in [0, 0.05) is 16.1 Å². The molecule has 2 N–H and O–H groups in total. The number of halogens is 1. The summed E-state index contributed by atoms with van der Waals surface area (Å²) in [4.78, 5) is 11.4. The summed E-state index contributed by atoms with van der Waals surface area (Å²) < 4.78 is 36.0. The summed E-state index contributed by atoms with van der Waals surface area (Å²) in [5.74, 6) is -1.64. The molecule has 0 aliphatic heterocycles. The minimum Gasteiger partial charge on any atom is -0.755 e. The number of carboxylic acids is 1. The zero-order valence-corrected chi connectivity index (χ0v) is 10.9. The lowest BCUT2D eigenvalue weighted by Crippen LogP contribution is -2.05. The van der Waals surface area contributed by atoms with Crippen LogP contribution in [0.15, 0.2) is 30.3 Å². The summed E-state index contributed by atoms with van der Waals surface area (Å²) in [6, 6.07) is 6.87. The van der Waals surface area contributed by atoms with Gasteiger partial charge in [-0.25, -0.2) is 9.18 Å². The zero-order chi connectivity index (χ0) is 14.0. The lowest BCUT2D eigenvalue weighted by molar-refractivity contribution is 0.0703. The molecule has 0 aliphatic carbocycles. The van der Waals surface area contributed by atoms with Crippen LogP contribution in [0.5, 0.6) is 0 Å². The number of rotatable bonds is 4. The van der Waals surface area contributed by atoms with Crippen molar-refractivity contribution in [3.05, 3.63) is 41.0 Å². The van der Waals surface area contributed by atoms with Crippen LogP contribution in [0.2, 0.25) is 0 Å². The van der Waals surface area contributed by atoms with Crippen molar-refractivity contribution in [1.82, 2.24) is 0 Å². The molecule has 0 saturated carbocycles. The Morgan fingerprint density at radius 1 is 1.37 bits per heavy atom. The summed E-state index contributed by atoms with van der Waals surface area (Å²) in [5.41, 5.74) is 0.601. The minimum atomic E-state index is -2.61. The van der Waals surface area contributed by atoms with E-state index in [1.807, 2.05) is 4.72 Å². The highest BCUT2D eigenvalue weighted by Gasteiger charge is 2.16. The van der Waals surface area contributed by atoms with Gasteiger partial charge in [0.25, 0.3) is 0 Å². The lowest BCUT2D eigenvalue weighted by Gasteiger charge is -2.06. The molecule has 0 radical (unpaired) electrons. The van der Waals surface area contributed by atoms with Gasteiger partial charge in [-0.1, -0.05) is 12.1 Å². The molecule has 8 heteroatoms. The largest absolute Gasteiger partial charge is 0.755 e. The summed E-state index contributed by atoms with van der Waals surface area (Å²) in [6.45, 7) is 0. The van der Waals surface area contributed by atoms with Gasteiger partial charge < -0.3 is 14.4 Å². The monoisotopic (exact) mass is 300 g/mol. The average molecular weight is 300 g/mol. The molecule has 1 aromatic carbocycles. The van der Waals surface area contributed by atoms with E-state index < -0.39 is 23.1 Å². The molecule has 0 aliphatic rings. The number of nitrogens with one attached hydrogen (secondary N) is 1. The van der Waals surface area contributed by atoms with E-state index in [1.165, 1.54) is 30.3 Å². The van der Waals surface area contributed by atoms with Crippen molar-refractivity contribution in [2.24, 2.45) is 0 Å². The van der Waals surface area contributed by atoms with Crippen molar-refractivity contribution in [1.29, 1.82) is 0 Å². The molecule has 0 saturated heterocycles. The number of aromatic carboxylic acids is 1. The van der Waals surface area contributed by atoms with Crippen LogP contribution in [-0.4, -0.2) is 19.8 Å². The predicted octanol–water partition coefficient (Wildman–Crippen LogP) is 2.46. The van der Waals surface area contributed by atoms with Crippen molar-refractivity contribution >= 4 is 34.3 Å². The first-order valence-electron chi connectivity index (χ1n) is 4.96. The highest BCUT2D eigenvalue weighted by molar-refractivity contribution is 7.80. The van der Waals surface area contributed by atoms with Crippen LogP contribution in [0, 0.1) is 5.82 Å². The first kappa shape index (κ1) is 13.7. The molecular formula is C11H7FNO4S2-. The highest BCUT2D eigenvalue weighted by Crippen LogP contribution is 2.35. The van der Waals surface area contributed by atoms with Gasteiger partial charge in [-0.05, 0) is 23.8 Å². The smallest absolute Gasteiger partial charge is 0.348 e. The molecule has 19 heavy (non-hydrogen) atoms. The summed E-state index contributed by atoms with van der Waals surface area (Å²) in [7, 11) is 0. The van der Waals surface area contributed by atoms with Crippen LogP contribution < -0.4 is 4.72 Å². The number of benzene rings is 1. The van der Waals surface area contributed by atoms with Gasteiger partial charge >= 0.3 is 5.97 Å². The molecular weight excluding hydrogens is 293 g/mol. The van der Waals surface area contributed by atoms with Crippen molar-refractivity contribution in [3.8, 4) is 10.4 Å². The molecule has 1 heterocycles. The van der Waals surface area contributed by atoms with Crippen molar-refractivity contribution in [3.63, 3.8) is 0 Å². The van der Waals surface area contributed by atoms with Crippen LogP contribution in [0.1, 0.15) is 9.67 Å². The van der Waals surface area contributed by atoms with E-state index in [2.05, 4.69) is 0 Å². The van der Waals surface area contributed by atoms with E-state index in [0.29, 0.717) is 10.4 Å². The number of thiophene rings is 1. The Hall–Kier alpha value is -1.77. The molecule has 5 nitrogen and oxygen atoms in total. The van der Waals surface area contributed by atoms with Crippen molar-refractivity contribution in [2.75, 3.05) is 4.72 Å². The molecule has 0 spiro atoms. The van der Waals surface area contributed by atoms with Gasteiger partial charge in [0.15, 0.2) is 0 Å². The van der Waals surface area contributed by atoms with Gasteiger partial charge in [-0.3, -0.25) is 4.21 Å². The second kappa shape index (κ2) is 5.47. The molecule has 2 aromatic rings. The maximum atomic E-state index is 12.8. The number of anilines is 1. The van der Waals surface area contributed by atoms with E-state index in [0.717, 1.165) is 11.3 Å². The Labute approximate surface area is 114 Å². The molecule has 0 bridgehead atoms. The third-order valence-electron chi connectivity index (χ3n) is 2.25. The van der Waals surface area contributed by atoms with Crippen LogP contribution in [0.25, 0.3) is 10.4 Å². The van der Waals surface area contributed by atoms with Gasteiger partial charge in [-0.15, -0.1) is 11.3 Å². The first-order chi connectivity index (χ1) is 8.97. The maximum absolute atomic E-state index is 12.8. The Bertz CT molecular complexity index is 639. The topological polar surface area (TPSA) is 89.5 Å². The molecule has 100 valence electrons. The standard InChI is InChI=1S/C11H8FNO4S2/c12-7-3-1-6(2-4-7)9-5-8(13-19(16)17)10(18-9)11(14)15/h1-5,13H,(H,14,15)(H,16,17)/p-1. The molecule has 1 unspecified atom stereocenters. The Morgan fingerprint density at radius 2 is 2.00 bits per heavy atom. The predicted molar refractivity (Wildman–Crippen MR) is 69.2 cm³/mol. The molecule has 2 rings (SSSR count). The van der Waals surface area contributed by atoms with Crippen LogP contribution in [0.4, 0.5) is 10.1 Å². The number of hydrogen-bond donors (Lipinski definition) is 2. The van der Waals surface area contributed by atoms with Gasteiger partial charge in [0.05, 0.1) is 5.69 Å². The quantitative estimate of drug-likeness (QED) is 0.849. The first-order valence-corrected chi connectivity index (χ1v) is 6.85. The Morgan fingerprint density at radius 3 is 2.53 bits per heavy atom. The van der Waals surface area contributed by atoms with E-state index >= 15 is 0 Å². The van der Waals surface area contributed by atoms with E-state index in [-0.39, 0.29) is 10.6 Å². The molecule has 0 fully saturated rings. The number of carboxylic acid groups (broad SMARTS) is 1. The fourth-order valence-corrected chi connectivity index (χ4v) is 2.83. The van der Waals surface area contributed by atoms with Crippen molar-refractivity contribution in [2.45, 2.75) is 0 Å². The van der Waals surface area contributed by atoms with Gasteiger partial charge in [0.2, 0.25) is 0 Å². The minimum absolute atomic E-state index is 0.00911. The van der Waals surface area contributed by atoms with Crippen LogP contribution in [-0.2, 0) is 11.3 Å². The normalized spacial score (nSPS) is 12.1. The summed E-state index contributed by atoms with van der Waals surface area (Å²) >= 11 is -1.70. The van der Waals surface area contributed by atoms with E-state index in [1.54, 1.807) is 0 Å². The SMILES string of the molecule is O=C(O)c1sc(-c2ccc(F)cc2)cc1NS(=O)[O-]. The van der Waals surface area contributed by atoms with E-state index in [4.69, 9.17) is 5.11 Å². The third kappa shape index (κ3) is 3.16. The van der Waals surface area contributed by atoms with Gasteiger partial charge in [0.1, 0.15) is 10.7 Å². The Kier molecular flexibility index (Phi) is 3.93. The third-order valence-corrected chi connectivity index (χ3v) is 3.81. The van der Waals surface area contributed by atoms with Crippen molar-refractivity contribution < 1.29 is 23.1 Å². The van der Waals surface area contributed by atoms with Crippen LogP contribution >= 0.6 is 11.3 Å². The zero-order valence-electron chi connectivity index (χ0n) is 9.25. The van der Waals surface area contributed by atoms with Gasteiger partial charge in [-0.2, -0.15) is 0 Å². The molecule has 1 aromatic heterocycles. The highest BCUT2D eigenvalue weighted by atomic mass is 32.2. The molecule has 1 atom stereocenters. The molecule has 0 amide bonds. The Balaban J connectivity index is 2.45. The fraction of sp³-hybridized carbons (Fsp3) is 0. The fourth-order valence-electron chi connectivity index (χ4n) is 1.47. The average Bonchev–Trinajstić information content (AvgIpc) is 2.73. The summed E-state index contributed by atoms with van der Waals surface area (Å²) in [5, 5.41) is 8.99. The maximum Gasteiger partial charge on any atom is 0.348 e. The number of hydrogen-bond acceptors (Lipinski definition) is 4. The second-order valence-electron chi connectivity index (χ2n) is 3.50. The second-order valence-corrected chi connectivity index (χ2v) is 5.23. The summed E-state index contributed by atoms with van der Waals surface area (Å²) in [6.07, 6.45) is 0. The number of carbonyl (C=O) groups is 1. The van der Waals surface area contributed by atoms with Crippen LogP contribution in [0.3, 0.4) is 0 Å². The lowest BCUT2D eigenvalue weighted by atomic mass is 10.2.